The number of rotatable bonds is 5. The molecule has 0 spiro atoms. The number of nitrogens with zero attached hydrogens (tertiary/aromatic N) is 2. The number of benzene rings is 2. The average molecular weight is 436 g/mol. The van der Waals surface area contributed by atoms with Gasteiger partial charge in [-0.1, -0.05) is 17.7 Å². The number of anilines is 1. The molecule has 2 aromatic carbocycles. The van der Waals surface area contributed by atoms with E-state index >= 15 is 0 Å². The van der Waals surface area contributed by atoms with Gasteiger partial charge in [0.05, 0.1) is 12.3 Å². The molecular weight excluding hydrogens is 414 g/mol. The molecule has 0 atom stereocenters. The Labute approximate surface area is 185 Å². The smallest absolute Gasteiger partial charge is 0.333 e. The lowest BCUT2D eigenvalue weighted by atomic mass is 10.2. The van der Waals surface area contributed by atoms with Crippen LogP contribution in [0.15, 0.2) is 60.3 Å². The fourth-order valence-corrected chi connectivity index (χ4v) is 3.91. The van der Waals surface area contributed by atoms with E-state index in [-0.39, 0.29) is 5.70 Å². The predicted molar refractivity (Wildman–Crippen MR) is 122 cm³/mol. The Hall–Kier alpha value is -3.51. The zero-order valence-electron chi connectivity index (χ0n) is 17.5. The van der Waals surface area contributed by atoms with Crippen molar-refractivity contribution in [1.82, 2.24) is 9.88 Å². The van der Waals surface area contributed by atoms with Gasteiger partial charge in [-0.3, -0.25) is 4.79 Å². The molecule has 1 N–H and O–H groups in total. The fraction of sp³-hybridized carbons (Fsp3) is 0.167. The molecule has 1 saturated heterocycles. The molecule has 1 aliphatic rings. The Bertz CT molecular complexity index is 1200. The average Bonchev–Trinajstić information content (AvgIpc) is 3.17. The second kappa shape index (κ2) is 8.32. The summed E-state index contributed by atoms with van der Waals surface area (Å²) in [5, 5.41) is 3.12. The number of carbonyl (C=O) groups is 2. The van der Waals surface area contributed by atoms with Gasteiger partial charge in [0.2, 0.25) is 0 Å². The number of aromatic nitrogens is 1. The topological polar surface area (TPSA) is 63.6 Å². The van der Waals surface area contributed by atoms with Crippen LogP contribution in [0.3, 0.4) is 0 Å². The Morgan fingerprint density at radius 3 is 2.45 bits per heavy atom. The summed E-state index contributed by atoms with van der Waals surface area (Å²) in [5.74, 6) is 0.398. The quantitative estimate of drug-likeness (QED) is 0.440. The first-order valence-corrected chi connectivity index (χ1v) is 10.3. The predicted octanol–water partition coefficient (Wildman–Crippen LogP) is 5.24. The largest absolute Gasteiger partial charge is 0.494 e. The van der Waals surface area contributed by atoms with Crippen molar-refractivity contribution in [3.05, 3.63) is 82.3 Å². The van der Waals surface area contributed by atoms with Crippen molar-refractivity contribution in [1.29, 1.82) is 0 Å². The zero-order chi connectivity index (χ0) is 22.1. The SMILES string of the molecule is CCOc1ccc(-n2c(C)cc(C=C3NC(=O)N(c4cccc(Cl)c4)C3=O)c2C)cc1. The third-order valence-corrected chi connectivity index (χ3v) is 5.36. The van der Waals surface area contributed by atoms with Gasteiger partial charge in [0.1, 0.15) is 11.4 Å². The Morgan fingerprint density at radius 2 is 1.77 bits per heavy atom. The molecule has 7 heteroatoms. The Morgan fingerprint density at radius 1 is 1.03 bits per heavy atom. The molecule has 0 saturated carbocycles. The highest BCUT2D eigenvalue weighted by Crippen LogP contribution is 2.27. The highest BCUT2D eigenvalue weighted by molar-refractivity contribution is 6.32. The monoisotopic (exact) mass is 435 g/mol. The van der Waals surface area contributed by atoms with E-state index in [1.807, 2.05) is 51.1 Å². The number of ether oxygens (including phenoxy) is 1. The first-order valence-electron chi connectivity index (χ1n) is 9.94. The summed E-state index contributed by atoms with van der Waals surface area (Å²) >= 11 is 6.02. The van der Waals surface area contributed by atoms with Gasteiger partial charge in [-0.15, -0.1) is 0 Å². The van der Waals surface area contributed by atoms with Gasteiger partial charge < -0.3 is 14.6 Å². The van der Waals surface area contributed by atoms with Crippen molar-refractivity contribution in [2.24, 2.45) is 0 Å². The molecule has 0 aliphatic carbocycles. The number of hydrogen-bond acceptors (Lipinski definition) is 3. The van der Waals surface area contributed by atoms with Crippen LogP contribution >= 0.6 is 11.6 Å². The van der Waals surface area contributed by atoms with Crippen LogP contribution in [-0.4, -0.2) is 23.1 Å². The van der Waals surface area contributed by atoms with Crippen molar-refractivity contribution in [2.75, 3.05) is 11.5 Å². The second-order valence-corrected chi connectivity index (χ2v) is 7.63. The maximum absolute atomic E-state index is 12.9. The molecule has 158 valence electrons. The summed E-state index contributed by atoms with van der Waals surface area (Å²) in [6, 6.07) is 16.0. The van der Waals surface area contributed by atoms with Crippen LogP contribution in [0, 0.1) is 13.8 Å². The summed E-state index contributed by atoms with van der Waals surface area (Å²) in [6.45, 7) is 6.54. The third-order valence-electron chi connectivity index (χ3n) is 5.12. The maximum atomic E-state index is 12.9. The standard InChI is InChI=1S/C24H22ClN3O3/c1-4-31-21-10-8-19(9-11-21)27-15(2)12-17(16(27)3)13-22-23(29)28(24(30)26-22)20-7-5-6-18(25)14-20/h5-14H,4H2,1-3H3,(H,26,30). The Balaban J connectivity index is 1.66. The highest BCUT2D eigenvalue weighted by Gasteiger charge is 2.35. The molecule has 1 fully saturated rings. The van der Waals surface area contributed by atoms with Crippen LogP contribution in [0.1, 0.15) is 23.9 Å². The van der Waals surface area contributed by atoms with E-state index in [4.69, 9.17) is 16.3 Å². The molecule has 3 aromatic rings. The number of aryl methyl sites for hydroxylation is 1. The van der Waals surface area contributed by atoms with Gasteiger partial charge in [-0.25, -0.2) is 9.69 Å². The minimum Gasteiger partial charge on any atom is -0.494 e. The normalized spacial score (nSPS) is 15.0. The van der Waals surface area contributed by atoms with Crippen molar-refractivity contribution >= 4 is 35.3 Å². The lowest BCUT2D eigenvalue weighted by Gasteiger charge is -2.11. The molecular formula is C24H22ClN3O3. The lowest BCUT2D eigenvalue weighted by molar-refractivity contribution is -0.113. The van der Waals surface area contributed by atoms with E-state index in [0.29, 0.717) is 17.3 Å². The van der Waals surface area contributed by atoms with Crippen molar-refractivity contribution < 1.29 is 14.3 Å². The summed E-state index contributed by atoms with van der Waals surface area (Å²) in [4.78, 5) is 26.5. The Kier molecular flexibility index (Phi) is 5.57. The van der Waals surface area contributed by atoms with E-state index in [1.165, 1.54) is 0 Å². The number of amides is 3. The summed E-state index contributed by atoms with van der Waals surface area (Å²) in [7, 11) is 0. The summed E-state index contributed by atoms with van der Waals surface area (Å²) < 4.78 is 7.61. The number of nitrogens with one attached hydrogen (secondary N) is 1. The van der Waals surface area contributed by atoms with Crippen LogP contribution in [0.5, 0.6) is 5.75 Å². The van der Waals surface area contributed by atoms with Crippen LogP contribution < -0.4 is 15.0 Å². The molecule has 0 bridgehead atoms. The summed E-state index contributed by atoms with van der Waals surface area (Å²) in [5.41, 5.74) is 4.46. The van der Waals surface area contributed by atoms with Gasteiger partial charge in [0, 0.05) is 22.1 Å². The van der Waals surface area contributed by atoms with Gasteiger partial charge in [-0.05, 0) is 80.9 Å². The van der Waals surface area contributed by atoms with E-state index in [1.54, 1.807) is 30.3 Å². The lowest BCUT2D eigenvalue weighted by Crippen LogP contribution is -2.30. The maximum Gasteiger partial charge on any atom is 0.333 e. The number of carbonyl (C=O) groups excluding carboxylic acids is 2. The minimum absolute atomic E-state index is 0.219. The molecule has 31 heavy (non-hydrogen) atoms. The number of hydrogen-bond donors (Lipinski definition) is 1. The first-order chi connectivity index (χ1) is 14.9. The zero-order valence-corrected chi connectivity index (χ0v) is 18.2. The number of urea groups is 1. The van der Waals surface area contributed by atoms with Crippen molar-refractivity contribution in [2.45, 2.75) is 20.8 Å². The van der Waals surface area contributed by atoms with Crippen LogP contribution in [0.2, 0.25) is 5.02 Å². The van der Waals surface area contributed by atoms with Crippen LogP contribution in [0.4, 0.5) is 10.5 Å². The molecule has 1 aliphatic heterocycles. The molecule has 0 radical (unpaired) electrons. The number of halogens is 1. The second-order valence-electron chi connectivity index (χ2n) is 7.20. The van der Waals surface area contributed by atoms with Crippen LogP contribution in [-0.2, 0) is 4.79 Å². The van der Waals surface area contributed by atoms with Crippen molar-refractivity contribution in [3.8, 4) is 11.4 Å². The molecule has 6 nitrogen and oxygen atoms in total. The van der Waals surface area contributed by atoms with E-state index in [9.17, 15) is 9.59 Å². The van der Waals surface area contributed by atoms with Crippen LogP contribution in [0.25, 0.3) is 11.8 Å². The fourth-order valence-electron chi connectivity index (χ4n) is 3.73. The molecule has 2 heterocycles. The first kappa shape index (κ1) is 20.8. The van der Waals surface area contributed by atoms with Gasteiger partial charge in [0.25, 0.3) is 5.91 Å². The summed E-state index contributed by atoms with van der Waals surface area (Å²) in [6.07, 6.45) is 1.71. The van der Waals surface area contributed by atoms with Crippen molar-refractivity contribution in [3.63, 3.8) is 0 Å². The molecule has 0 unspecified atom stereocenters. The minimum atomic E-state index is -0.501. The van der Waals surface area contributed by atoms with E-state index < -0.39 is 11.9 Å². The van der Waals surface area contributed by atoms with Gasteiger partial charge in [-0.2, -0.15) is 0 Å². The van der Waals surface area contributed by atoms with Gasteiger partial charge in [0.15, 0.2) is 0 Å². The van der Waals surface area contributed by atoms with Gasteiger partial charge >= 0.3 is 6.03 Å². The number of imide groups is 1. The molecule has 1 aromatic heterocycles. The molecule has 4 rings (SSSR count). The van der Waals surface area contributed by atoms with E-state index in [2.05, 4.69) is 9.88 Å². The van der Waals surface area contributed by atoms with E-state index in [0.717, 1.165) is 33.3 Å². The third kappa shape index (κ3) is 3.94. The molecule has 3 amide bonds. The highest BCUT2D eigenvalue weighted by atomic mass is 35.5.